The van der Waals surface area contributed by atoms with Crippen LogP contribution >= 0.6 is 0 Å². The summed E-state index contributed by atoms with van der Waals surface area (Å²) in [6.07, 6.45) is 4.42. The Morgan fingerprint density at radius 2 is 2.06 bits per heavy atom. The van der Waals surface area contributed by atoms with Crippen molar-refractivity contribution in [3.05, 3.63) is 48.0 Å². The second kappa shape index (κ2) is 6.96. The van der Waals surface area contributed by atoms with Crippen LogP contribution in [-0.2, 0) is 11.2 Å². The standard InChI is InChI=1S/C14H18O2/c1-2-6-13(15)9-10-14(16)11-12-7-4-3-5-8-12/h3-5,7-10,14,16H,2,6,11H2,1H3/b10-9+/t14-/m0/s1. The van der Waals surface area contributed by atoms with Gasteiger partial charge in [-0.05, 0) is 18.1 Å². The first-order chi connectivity index (χ1) is 7.72. The molecular formula is C14H18O2. The zero-order valence-corrected chi connectivity index (χ0v) is 9.60. The lowest BCUT2D eigenvalue weighted by Gasteiger charge is -2.04. The van der Waals surface area contributed by atoms with E-state index in [1.807, 2.05) is 37.3 Å². The Bertz CT molecular complexity index is 341. The van der Waals surface area contributed by atoms with E-state index in [0.717, 1.165) is 12.0 Å². The van der Waals surface area contributed by atoms with Crippen LogP contribution in [0.4, 0.5) is 0 Å². The van der Waals surface area contributed by atoms with Crippen molar-refractivity contribution in [3.8, 4) is 0 Å². The van der Waals surface area contributed by atoms with E-state index >= 15 is 0 Å². The van der Waals surface area contributed by atoms with E-state index in [-0.39, 0.29) is 5.78 Å². The van der Waals surface area contributed by atoms with Gasteiger partial charge >= 0.3 is 0 Å². The van der Waals surface area contributed by atoms with Crippen LogP contribution in [-0.4, -0.2) is 17.0 Å². The molecule has 0 heterocycles. The van der Waals surface area contributed by atoms with Crippen molar-refractivity contribution in [2.24, 2.45) is 0 Å². The van der Waals surface area contributed by atoms with Crippen molar-refractivity contribution < 1.29 is 9.90 Å². The number of hydrogen-bond acceptors (Lipinski definition) is 2. The molecule has 0 spiro atoms. The van der Waals surface area contributed by atoms with Crippen LogP contribution in [0.2, 0.25) is 0 Å². The van der Waals surface area contributed by atoms with Gasteiger partial charge < -0.3 is 5.11 Å². The highest BCUT2D eigenvalue weighted by atomic mass is 16.3. The van der Waals surface area contributed by atoms with Crippen LogP contribution in [0.15, 0.2) is 42.5 Å². The summed E-state index contributed by atoms with van der Waals surface area (Å²) >= 11 is 0. The number of hydrogen-bond donors (Lipinski definition) is 1. The molecular weight excluding hydrogens is 200 g/mol. The summed E-state index contributed by atoms with van der Waals surface area (Å²) in [6, 6.07) is 9.74. The summed E-state index contributed by atoms with van der Waals surface area (Å²) in [6.45, 7) is 1.96. The summed E-state index contributed by atoms with van der Waals surface area (Å²) in [4.78, 5) is 11.2. The molecule has 86 valence electrons. The highest BCUT2D eigenvalue weighted by Crippen LogP contribution is 2.04. The van der Waals surface area contributed by atoms with Gasteiger partial charge in [-0.2, -0.15) is 0 Å². The third-order valence-corrected chi connectivity index (χ3v) is 2.29. The van der Waals surface area contributed by atoms with Crippen molar-refractivity contribution in [2.75, 3.05) is 0 Å². The van der Waals surface area contributed by atoms with E-state index in [9.17, 15) is 9.90 Å². The molecule has 0 radical (unpaired) electrons. The minimum Gasteiger partial charge on any atom is -0.389 e. The topological polar surface area (TPSA) is 37.3 Å². The number of carbonyl (C=O) groups excluding carboxylic acids is 1. The minimum absolute atomic E-state index is 0.0783. The van der Waals surface area contributed by atoms with Gasteiger partial charge in [0.1, 0.15) is 0 Å². The number of aliphatic hydroxyl groups is 1. The predicted molar refractivity (Wildman–Crippen MR) is 65.2 cm³/mol. The Balaban J connectivity index is 2.41. The van der Waals surface area contributed by atoms with E-state index in [2.05, 4.69) is 0 Å². The SMILES string of the molecule is CCCC(=O)/C=C/[C@H](O)Cc1ccccc1. The number of ketones is 1. The Labute approximate surface area is 96.6 Å². The molecule has 1 N–H and O–H groups in total. The number of rotatable bonds is 6. The first-order valence-electron chi connectivity index (χ1n) is 5.65. The Morgan fingerprint density at radius 3 is 2.69 bits per heavy atom. The maximum Gasteiger partial charge on any atom is 0.155 e. The molecule has 1 aromatic rings. The number of allylic oxidation sites excluding steroid dienone is 1. The molecule has 0 aromatic heterocycles. The zero-order chi connectivity index (χ0) is 11.8. The van der Waals surface area contributed by atoms with Gasteiger partial charge in [0.15, 0.2) is 5.78 Å². The van der Waals surface area contributed by atoms with Crippen LogP contribution in [0.5, 0.6) is 0 Å². The fraction of sp³-hybridized carbons (Fsp3) is 0.357. The second-order valence-electron chi connectivity index (χ2n) is 3.83. The van der Waals surface area contributed by atoms with Gasteiger partial charge in [-0.15, -0.1) is 0 Å². The number of carbonyl (C=O) groups is 1. The molecule has 0 amide bonds. The third kappa shape index (κ3) is 4.89. The minimum atomic E-state index is -0.580. The van der Waals surface area contributed by atoms with Crippen molar-refractivity contribution in [3.63, 3.8) is 0 Å². The lowest BCUT2D eigenvalue weighted by Crippen LogP contribution is -2.07. The van der Waals surface area contributed by atoms with E-state index < -0.39 is 6.10 Å². The molecule has 0 aliphatic heterocycles. The Morgan fingerprint density at radius 1 is 1.38 bits per heavy atom. The zero-order valence-electron chi connectivity index (χ0n) is 9.60. The smallest absolute Gasteiger partial charge is 0.155 e. The highest BCUT2D eigenvalue weighted by molar-refractivity contribution is 5.89. The summed E-state index contributed by atoms with van der Waals surface area (Å²) in [5, 5.41) is 9.68. The van der Waals surface area contributed by atoms with Crippen LogP contribution < -0.4 is 0 Å². The van der Waals surface area contributed by atoms with Gasteiger partial charge in [0, 0.05) is 12.8 Å². The van der Waals surface area contributed by atoms with Gasteiger partial charge in [0.25, 0.3) is 0 Å². The number of benzene rings is 1. The van der Waals surface area contributed by atoms with Gasteiger partial charge in [0.05, 0.1) is 6.10 Å². The van der Waals surface area contributed by atoms with E-state index in [1.54, 1.807) is 6.08 Å². The maximum atomic E-state index is 11.2. The molecule has 0 aliphatic carbocycles. The second-order valence-corrected chi connectivity index (χ2v) is 3.83. The van der Waals surface area contributed by atoms with Crippen molar-refractivity contribution in [1.29, 1.82) is 0 Å². The summed E-state index contributed by atoms with van der Waals surface area (Å²) in [5.41, 5.74) is 1.07. The monoisotopic (exact) mass is 218 g/mol. The average Bonchev–Trinajstić information content (AvgIpc) is 2.28. The van der Waals surface area contributed by atoms with Crippen molar-refractivity contribution >= 4 is 5.78 Å². The summed E-state index contributed by atoms with van der Waals surface area (Å²) < 4.78 is 0. The first-order valence-corrected chi connectivity index (χ1v) is 5.65. The van der Waals surface area contributed by atoms with E-state index in [4.69, 9.17) is 0 Å². The van der Waals surface area contributed by atoms with Gasteiger partial charge in [0.2, 0.25) is 0 Å². The normalized spacial score (nSPS) is 12.9. The van der Waals surface area contributed by atoms with Gasteiger partial charge in [-0.3, -0.25) is 4.79 Å². The molecule has 1 aromatic carbocycles. The molecule has 0 aliphatic rings. The Hall–Kier alpha value is -1.41. The molecule has 16 heavy (non-hydrogen) atoms. The third-order valence-electron chi connectivity index (χ3n) is 2.29. The molecule has 1 atom stereocenters. The lowest BCUT2D eigenvalue weighted by atomic mass is 10.1. The van der Waals surface area contributed by atoms with E-state index in [0.29, 0.717) is 12.8 Å². The molecule has 1 rings (SSSR count). The largest absolute Gasteiger partial charge is 0.389 e. The molecule has 2 nitrogen and oxygen atoms in total. The average molecular weight is 218 g/mol. The van der Waals surface area contributed by atoms with Crippen LogP contribution in [0, 0.1) is 0 Å². The fourth-order valence-corrected chi connectivity index (χ4v) is 1.47. The number of aliphatic hydroxyl groups excluding tert-OH is 1. The summed E-state index contributed by atoms with van der Waals surface area (Å²) in [7, 11) is 0. The van der Waals surface area contributed by atoms with Gasteiger partial charge in [-0.25, -0.2) is 0 Å². The Kier molecular flexibility index (Phi) is 5.51. The molecule has 0 bridgehead atoms. The van der Waals surface area contributed by atoms with Crippen LogP contribution in [0.1, 0.15) is 25.3 Å². The maximum absolute atomic E-state index is 11.2. The van der Waals surface area contributed by atoms with Crippen LogP contribution in [0.3, 0.4) is 0 Å². The molecule has 0 saturated carbocycles. The summed E-state index contributed by atoms with van der Waals surface area (Å²) in [5.74, 6) is 0.0783. The quantitative estimate of drug-likeness (QED) is 0.745. The highest BCUT2D eigenvalue weighted by Gasteiger charge is 2.01. The first kappa shape index (κ1) is 12.7. The van der Waals surface area contributed by atoms with Crippen LogP contribution in [0.25, 0.3) is 0 Å². The molecule has 0 unspecified atom stereocenters. The van der Waals surface area contributed by atoms with Gasteiger partial charge in [-0.1, -0.05) is 43.3 Å². The molecule has 0 fully saturated rings. The molecule has 2 heteroatoms. The predicted octanol–water partition coefficient (Wildman–Crippen LogP) is 2.52. The molecule has 0 saturated heterocycles. The lowest BCUT2D eigenvalue weighted by molar-refractivity contribution is -0.114. The van der Waals surface area contributed by atoms with E-state index in [1.165, 1.54) is 6.08 Å². The van der Waals surface area contributed by atoms with Crippen molar-refractivity contribution in [1.82, 2.24) is 0 Å². The fourth-order valence-electron chi connectivity index (χ4n) is 1.47. The van der Waals surface area contributed by atoms with Crippen molar-refractivity contribution in [2.45, 2.75) is 32.3 Å².